The minimum absolute atomic E-state index is 0.268. The van der Waals surface area contributed by atoms with Gasteiger partial charge in [0.05, 0.1) is 20.2 Å². The van der Waals surface area contributed by atoms with Crippen molar-refractivity contribution in [1.29, 1.82) is 0 Å². The van der Waals surface area contributed by atoms with Crippen LogP contribution in [-0.2, 0) is 10.4 Å². The lowest BCUT2D eigenvalue weighted by Crippen LogP contribution is -3.14. The van der Waals surface area contributed by atoms with Crippen LogP contribution >= 0.6 is 0 Å². The summed E-state index contributed by atoms with van der Waals surface area (Å²) in [5.74, 6) is 1.04. The van der Waals surface area contributed by atoms with E-state index in [1.54, 1.807) is 7.11 Å². The van der Waals surface area contributed by atoms with Crippen molar-refractivity contribution < 1.29 is 19.5 Å². The maximum atomic E-state index is 12.3. The molecule has 2 heterocycles. The standard InChI is InChI=1S/C18H26N2O3/c1-23-16-6-4-5-15(13-16)18(22)7-11-19(12-8-18)14-17(21)20-9-2-3-10-20/h4-6,13,22H,2-3,7-12,14H2,1H3/p+1. The smallest absolute Gasteiger partial charge is 0.277 e. The quantitative estimate of drug-likeness (QED) is 0.833. The number of quaternary nitrogens is 1. The van der Waals surface area contributed by atoms with Crippen LogP contribution < -0.4 is 9.64 Å². The van der Waals surface area contributed by atoms with Crippen molar-refractivity contribution in [2.45, 2.75) is 31.3 Å². The number of carbonyl (C=O) groups is 1. The summed E-state index contributed by atoms with van der Waals surface area (Å²) >= 11 is 0. The van der Waals surface area contributed by atoms with Crippen LogP contribution in [-0.4, -0.2) is 55.7 Å². The molecule has 3 rings (SSSR count). The number of hydrogen-bond donors (Lipinski definition) is 2. The average molecular weight is 319 g/mol. The molecule has 0 aromatic heterocycles. The Hall–Kier alpha value is -1.59. The van der Waals surface area contributed by atoms with Crippen molar-refractivity contribution >= 4 is 5.91 Å². The number of hydrogen-bond acceptors (Lipinski definition) is 3. The van der Waals surface area contributed by atoms with Crippen molar-refractivity contribution in [3.05, 3.63) is 29.8 Å². The van der Waals surface area contributed by atoms with Crippen molar-refractivity contribution in [2.24, 2.45) is 0 Å². The van der Waals surface area contributed by atoms with E-state index in [-0.39, 0.29) is 5.91 Å². The number of aliphatic hydroxyl groups is 1. The van der Waals surface area contributed by atoms with E-state index >= 15 is 0 Å². The summed E-state index contributed by atoms with van der Waals surface area (Å²) in [4.78, 5) is 15.5. The van der Waals surface area contributed by atoms with E-state index in [0.717, 1.165) is 50.3 Å². The molecule has 0 aliphatic carbocycles. The number of rotatable bonds is 4. The topological polar surface area (TPSA) is 54.2 Å². The molecule has 5 heteroatoms. The van der Waals surface area contributed by atoms with Crippen LogP contribution in [0, 0.1) is 0 Å². The van der Waals surface area contributed by atoms with E-state index in [4.69, 9.17) is 4.74 Å². The molecule has 0 saturated carbocycles. The molecular weight excluding hydrogens is 292 g/mol. The molecular formula is C18H27N2O3+. The Bertz CT molecular complexity index is 547. The van der Waals surface area contributed by atoms with Crippen LogP contribution in [0.1, 0.15) is 31.2 Å². The Kier molecular flexibility index (Phi) is 4.87. The first-order valence-electron chi connectivity index (χ1n) is 8.59. The zero-order chi connectivity index (χ0) is 16.3. The summed E-state index contributed by atoms with van der Waals surface area (Å²) in [5, 5.41) is 11.0. The number of nitrogens with zero attached hydrogens (tertiary/aromatic N) is 1. The highest BCUT2D eigenvalue weighted by Gasteiger charge is 2.37. The third-order valence-electron chi connectivity index (χ3n) is 5.25. The first-order valence-corrected chi connectivity index (χ1v) is 8.59. The van der Waals surface area contributed by atoms with Gasteiger partial charge in [0, 0.05) is 25.9 Å². The van der Waals surface area contributed by atoms with E-state index in [1.807, 2.05) is 29.2 Å². The molecule has 0 bridgehead atoms. The van der Waals surface area contributed by atoms with Gasteiger partial charge in [-0.2, -0.15) is 0 Å². The van der Waals surface area contributed by atoms with E-state index in [9.17, 15) is 9.90 Å². The number of ether oxygens (including phenoxy) is 1. The predicted octanol–water partition coefficient (Wildman–Crippen LogP) is 0.184. The molecule has 0 radical (unpaired) electrons. The Morgan fingerprint density at radius 1 is 1.30 bits per heavy atom. The van der Waals surface area contributed by atoms with E-state index < -0.39 is 5.60 Å². The molecule has 0 unspecified atom stereocenters. The third kappa shape index (κ3) is 3.67. The molecule has 5 nitrogen and oxygen atoms in total. The third-order valence-corrected chi connectivity index (χ3v) is 5.25. The molecule has 126 valence electrons. The second-order valence-corrected chi connectivity index (χ2v) is 6.78. The zero-order valence-electron chi connectivity index (χ0n) is 13.9. The molecule has 1 amide bonds. The number of methoxy groups -OCH3 is 1. The van der Waals surface area contributed by atoms with Crippen LogP contribution in [0.2, 0.25) is 0 Å². The van der Waals surface area contributed by atoms with E-state index in [2.05, 4.69) is 0 Å². The summed E-state index contributed by atoms with van der Waals surface area (Å²) in [6.45, 7) is 4.05. The second kappa shape index (κ2) is 6.89. The lowest BCUT2D eigenvalue weighted by atomic mass is 9.84. The van der Waals surface area contributed by atoms with E-state index in [0.29, 0.717) is 19.4 Å². The highest BCUT2D eigenvalue weighted by atomic mass is 16.5. The van der Waals surface area contributed by atoms with Gasteiger partial charge in [0.2, 0.25) is 0 Å². The van der Waals surface area contributed by atoms with Gasteiger partial charge >= 0.3 is 0 Å². The number of amides is 1. The number of piperidine rings is 1. The van der Waals surface area contributed by atoms with Gasteiger partial charge in [-0.1, -0.05) is 12.1 Å². The fraction of sp³-hybridized carbons (Fsp3) is 0.611. The highest BCUT2D eigenvalue weighted by molar-refractivity contribution is 5.77. The monoisotopic (exact) mass is 319 g/mol. The van der Waals surface area contributed by atoms with Crippen LogP contribution in [0.3, 0.4) is 0 Å². The van der Waals surface area contributed by atoms with Crippen molar-refractivity contribution in [2.75, 3.05) is 39.8 Å². The molecule has 23 heavy (non-hydrogen) atoms. The van der Waals surface area contributed by atoms with Crippen LogP contribution in [0.4, 0.5) is 0 Å². The lowest BCUT2D eigenvalue weighted by molar-refractivity contribution is -0.900. The molecule has 1 aromatic carbocycles. The van der Waals surface area contributed by atoms with E-state index in [1.165, 1.54) is 4.90 Å². The van der Waals surface area contributed by atoms with Gasteiger partial charge in [0.15, 0.2) is 6.54 Å². The summed E-state index contributed by atoms with van der Waals surface area (Å²) in [5.41, 5.74) is 0.121. The molecule has 2 aliphatic rings. The number of carbonyl (C=O) groups excluding carboxylic acids is 1. The molecule has 2 N–H and O–H groups in total. The van der Waals surface area contributed by atoms with Gasteiger partial charge in [0.1, 0.15) is 11.4 Å². The van der Waals surface area contributed by atoms with Gasteiger partial charge in [-0.3, -0.25) is 4.79 Å². The lowest BCUT2D eigenvalue weighted by Gasteiger charge is -2.36. The molecule has 0 atom stereocenters. The number of nitrogens with one attached hydrogen (secondary N) is 1. The van der Waals surface area contributed by atoms with Crippen LogP contribution in [0.15, 0.2) is 24.3 Å². The first-order chi connectivity index (χ1) is 11.1. The minimum Gasteiger partial charge on any atom is -0.497 e. The largest absolute Gasteiger partial charge is 0.497 e. The van der Waals surface area contributed by atoms with Gasteiger partial charge in [-0.25, -0.2) is 0 Å². The summed E-state index contributed by atoms with van der Waals surface area (Å²) in [6.07, 6.45) is 3.64. The summed E-state index contributed by atoms with van der Waals surface area (Å²) < 4.78 is 5.25. The molecule has 2 saturated heterocycles. The normalized spacial score (nSPS) is 27.9. The molecule has 2 fully saturated rings. The van der Waals surface area contributed by atoms with Gasteiger partial charge in [-0.05, 0) is 30.5 Å². The Morgan fingerprint density at radius 2 is 2.00 bits per heavy atom. The maximum absolute atomic E-state index is 12.3. The predicted molar refractivity (Wildman–Crippen MR) is 87.5 cm³/mol. The average Bonchev–Trinajstić information content (AvgIpc) is 3.12. The van der Waals surface area contributed by atoms with Gasteiger partial charge in [0.25, 0.3) is 5.91 Å². The fourth-order valence-corrected chi connectivity index (χ4v) is 3.69. The molecule has 2 aliphatic heterocycles. The SMILES string of the molecule is COc1cccc(C2(O)CC[NH+](CC(=O)N3CCCC3)CC2)c1. The maximum Gasteiger partial charge on any atom is 0.277 e. The van der Waals surface area contributed by atoms with Gasteiger partial charge < -0.3 is 19.6 Å². The van der Waals surface area contributed by atoms with Crippen LogP contribution in [0.5, 0.6) is 5.75 Å². The fourth-order valence-electron chi connectivity index (χ4n) is 3.69. The highest BCUT2D eigenvalue weighted by Crippen LogP contribution is 2.31. The Balaban J connectivity index is 1.57. The first kappa shape index (κ1) is 16.3. The summed E-state index contributed by atoms with van der Waals surface area (Å²) in [7, 11) is 1.64. The van der Waals surface area contributed by atoms with Gasteiger partial charge in [-0.15, -0.1) is 0 Å². The van der Waals surface area contributed by atoms with Crippen molar-refractivity contribution in [1.82, 2.24) is 4.90 Å². The van der Waals surface area contributed by atoms with Crippen molar-refractivity contribution in [3.63, 3.8) is 0 Å². The second-order valence-electron chi connectivity index (χ2n) is 6.78. The van der Waals surface area contributed by atoms with Crippen LogP contribution in [0.25, 0.3) is 0 Å². The summed E-state index contributed by atoms with van der Waals surface area (Å²) in [6, 6.07) is 7.69. The zero-order valence-corrected chi connectivity index (χ0v) is 13.9. The Labute approximate surface area is 137 Å². The number of likely N-dealkylation sites (tertiary alicyclic amines) is 2. The molecule has 1 aromatic rings. The number of benzene rings is 1. The molecule has 0 spiro atoms. The minimum atomic E-state index is -0.797. The van der Waals surface area contributed by atoms with Crippen molar-refractivity contribution in [3.8, 4) is 5.75 Å². The Morgan fingerprint density at radius 3 is 2.65 bits per heavy atom.